The van der Waals surface area contributed by atoms with Gasteiger partial charge in [0, 0.05) is 51.9 Å². The zero-order chi connectivity index (χ0) is 19.9. The first-order valence-electron chi connectivity index (χ1n) is 9.71. The monoisotopic (exact) mass is 388 g/mol. The van der Waals surface area contributed by atoms with Crippen molar-refractivity contribution in [2.45, 2.75) is 6.92 Å². The molecule has 2 fully saturated rings. The summed E-state index contributed by atoms with van der Waals surface area (Å²) in [6, 6.07) is 2.00. The van der Waals surface area contributed by atoms with Crippen LogP contribution in [0.4, 0.5) is 11.6 Å². The summed E-state index contributed by atoms with van der Waals surface area (Å²) in [5.41, 5.74) is 0. The van der Waals surface area contributed by atoms with E-state index in [1.807, 2.05) is 13.0 Å². The van der Waals surface area contributed by atoms with E-state index in [1.54, 1.807) is 11.2 Å². The number of anilines is 2. The first-order chi connectivity index (χ1) is 13.6. The van der Waals surface area contributed by atoms with Crippen LogP contribution in [-0.4, -0.2) is 97.2 Å². The van der Waals surface area contributed by atoms with Gasteiger partial charge in [-0.25, -0.2) is 9.97 Å². The molecule has 1 aromatic rings. The van der Waals surface area contributed by atoms with Gasteiger partial charge in [0.1, 0.15) is 18.0 Å². The van der Waals surface area contributed by atoms with Gasteiger partial charge in [-0.1, -0.05) is 6.58 Å². The molecule has 0 N–H and O–H groups in total. The molecule has 0 atom stereocenters. The molecule has 2 aliphatic heterocycles. The summed E-state index contributed by atoms with van der Waals surface area (Å²) in [6.45, 7) is 11.6. The number of hydrogen-bond acceptors (Lipinski definition) is 7. The predicted octanol–water partition coefficient (Wildman–Crippen LogP) is -0.00370. The second-order valence-electron chi connectivity index (χ2n) is 6.76. The Balaban J connectivity index is 1.55. The first-order valence-corrected chi connectivity index (χ1v) is 9.71. The maximum Gasteiger partial charge on any atom is 0.246 e. The SMILES string of the molecule is C=CC(=O)N(CC)CC(=O)N1CCN(c2cc(N3CCOCC3)ncn2)CC1. The molecular weight excluding hydrogens is 360 g/mol. The van der Waals surface area contributed by atoms with Crippen LogP contribution in [0.25, 0.3) is 0 Å². The Morgan fingerprint density at radius 2 is 1.71 bits per heavy atom. The van der Waals surface area contributed by atoms with E-state index in [4.69, 9.17) is 4.74 Å². The first kappa shape index (κ1) is 20.1. The number of rotatable bonds is 6. The van der Waals surface area contributed by atoms with Crippen LogP contribution in [0.2, 0.25) is 0 Å². The van der Waals surface area contributed by atoms with Crippen LogP contribution in [0.1, 0.15) is 6.92 Å². The quantitative estimate of drug-likeness (QED) is 0.634. The lowest BCUT2D eigenvalue weighted by Crippen LogP contribution is -2.52. The molecule has 1 aromatic heterocycles. The van der Waals surface area contributed by atoms with E-state index in [0.29, 0.717) is 45.9 Å². The van der Waals surface area contributed by atoms with Crippen molar-refractivity contribution < 1.29 is 14.3 Å². The maximum atomic E-state index is 12.5. The molecule has 0 saturated carbocycles. The fourth-order valence-corrected chi connectivity index (χ4v) is 3.40. The summed E-state index contributed by atoms with van der Waals surface area (Å²) < 4.78 is 5.40. The van der Waals surface area contributed by atoms with Crippen molar-refractivity contribution in [1.82, 2.24) is 19.8 Å². The molecule has 152 valence electrons. The molecule has 2 amide bonds. The van der Waals surface area contributed by atoms with Crippen molar-refractivity contribution in [1.29, 1.82) is 0 Å². The molecule has 3 heterocycles. The van der Waals surface area contributed by atoms with Gasteiger partial charge in [-0.05, 0) is 13.0 Å². The maximum absolute atomic E-state index is 12.5. The van der Waals surface area contributed by atoms with E-state index in [1.165, 1.54) is 11.0 Å². The summed E-state index contributed by atoms with van der Waals surface area (Å²) >= 11 is 0. The zero-order valence-electron chi connectivity index (χ0n) is 16.4. The number of hydrogen-bond donors (Lipinski definition) is 0. The fourth-order valence-electron chi connectivity index (χ4n) is 3.40. The fraction of sp³-hybridized carbons (Fsp3) is 0.579. The van der Waals surface area contributed by atoms with E-state index in [9.17, 15) is 9.59 Å². The van der Waals surface area contributed by atoms with Gasteiger partial charge in [0.25, 0.3) is 0 Å². The summed E-state index contributed by atoms with van der Waals surface area (Å²) in [4.78, 5) is 40.8. The Morgan fingerprint density at radius 1 is 1.11 bits per heavy atom. The summed E-state index contributed by atoms with van der Waals surface area (Å²) in [7, 11) is 0. The third kappa shape index (κ3) is 4.78. The van der Waals surface area contributed by atoms with Crippen LogP contribution in [-0.2, 0) is 14.3 Å². The van der Waals surface area contributed by atoms with Crippen LogP contribution in [0.3, 0.4) is 0 Å². The van der Waals surface area contributed by atoms with Crippen LogP contribution in [0.5, 0.6) is 0 Å². The average molecular weight is 388 g/mol. The normalized spacial score (nSPS) is 17.4. The number of morpholine rings is 1. The Kier molecular flexibility index (Phi) is 6.80. The van der Waals surface area contributed by atoms with Crippen molar-refractivity contribution in [2.75, 3.05) is 75.4 Å². The lowest BCUT2D eigenvalue weighted by Gasteiger charge is -2.36. The Morgan fingerprint density at radius 3 is 2.29 bits per heavy atom. The van der Waals surface area contributed by atoms with Gasteiger partial charge in [0.05, 0.1) is 19.8 Å². The van der Waals surface area contributed by atoms with E-state index in [-0.39, 0.29) is 18.4 Å². The second-order valence-corrected chi connectivity index (χ2v) is 6.76. The number of piperazine rings is 1. The summed E-state index contributed by atoms with van der Waals surface area (Å²) in [6.07, 6.45) is 2.84. The van der Waals surface area contributed by atoms with Crippen LogP contribution in [0, 0.1) is 0 Å². The van der Waals surface area contributed by atoms with Gasteiger partial charge in [0.2, 0.25) is 11.8 Å². The highest BCUT2D eigenvalue weighted by Gasteiger charge is 2.24. The molecule has 0 aromatic carbocycles. The van der Waals surface area contributed by atoms with Crippen LogP contribution >= 0.6 is 0 Å². The second kappa shape index (κ2) is 9.50. The molecule has 0 unspecified atom stereocenters. The number of carbonyl (C=O) groups excluding carboxylic acids is 2. The minimum atomic E-state index is -0.217. The van der Waals surface area contributed by atoms with E-state index in [2.05, 4.69) is 26.3 Å². The van der Waals surface area contributed by atoms with Crippen LogP contribution < -0.4 is 9.80 Å². The topological polar surface area (TPSA) is 82.1 Å². The third-order valence-corrected chi connectivity index (χ3v) is 5.12. The molecule has 9 nitrogen and oxygen atoms in total. The molecule has 3 rings (SSSR count). The van der Waals surface area contributed by atoms with Gasteiger partial charge in [-0.15, -0.1) is 0 Å². The minimum Gasteiger partial charge on any atom is -0.378 e. The van der Waals surface area contributed by atoms with Gasteiger partial charge in [0.15, 0.2) is 0 Å². The van der Waals surface area contributed by atoms with E-state index >= 15 is 0 Å². The molecular formula is C19H28N6O3. The molecule has 2 aliphatic rings. The molecule has 2 saturated heterocycles. The van der Waals surface area contributed by atoms with Crippen molar-refractivity contribution in [3.05, 3.63) is 25.0 Å². The Bertz CT molecular complexity index is 699. The molecule has 9 heteroatoms. The predicted molar refractivity (Wildman–Crippen MR) is 106 cm³/mol. The summed E-state index contributed by atoms with van der Waals surface area (Å²) in [5.74, 6) is 1.54. The molecule has 0 bridgehead atoms. The number of likely N-dealkylation sites (N-methyl/N-ethyl adjacent to an activating group) is 1. The van der Waals surface area contributed by atoms with Gasteiger partial charge >= 0.3 is 0 Å². The molecule has 0 radical (unpaired) electrons. The minimum absolute atomic E-state index is 0.0339. The smallest absolute Gasteiger partial charge is 0.246 e. The average Bonchev–Trinajstić information content (AvgIpc) is 2.77. The van der Waals surface area contributed by atoms with Crippen molar-refractivity contribution in [2.24, 2.45) is 0 Å². The number of carbonyl (C=O) groups is 2. The van der Waals surface area contributed by atoms with Crippen LogP contribution in [0.15, 0.2) is 25.0 Å². The van der Waals surface area contributed by atoms with E-state index in [0.717, 1.165) is 24.7 Å². The Labute approximate surface area is 165 Å². The highest BCUT2D eigenvalue weighted by molar-refractivity contribution is 5.90. The third-order valence-electron chi connectivity index (χ3n) is 5.12. The Hall–Kier alpha value is -2.68. The molecule has 0 aliphatic carbocycles. The largest absolute Gasteiger partial charge is 0.378 e. The van der Waals surface area contributed by atoms with Gasteiger partial charge in [-0.2, -0.15) is 0 Å². The number of amides is 2. The number of ether oxygens (including phenoxy) is 1. The molecule has 0 spiro atoms. The standard InChI is InChI=1S/C19H28N6O3/c1-3-18(26)22(4-2)14-19(27)25-7-5-23(6-8-25)16-13-17(21-15-20-16)24-9-11-28-12-10-24/h3,13,15H,1,4-12,14H2,2H3. The summed E-state index contributed by atoms with van der Waals surface area (Å²) in [5, 5.41) is 0. The number of nitrogens with zero attached hydrogens (tertiary/aromatic N) is 6. The zero-order valence-corrected chi connectivity index (χ0v) is 16.4. The van der Waals surface area contributed by atoms with Crippen molar-refractivity contribution in [3.63, 3.8) is 0 Å². The van der Waals surface area contributed by atoms with Crippen molar-refractivity contribution in [3.8, 4) is 0 Å². The van der Waals surface area contributed by atoms with Crippen molar-refractivity contribution >= 4 is 23.5 Å². The lowest BCUT2D eigenvalue weighted by molar-refractivity contribution is -0.138. The van der Waals surface area contributed by atoms with Gasteiger partial charge < -0.3 is 24.3 Å². The van der Waals surface area contributed by atoms with Gasteiger partial charge in [-0.3, -0.25) is 9.59 Å². The highest BCUT2D eigenvalue weighted by Crippen LogP contribution is 2.20. The van der Waals surface area contributed by atoms with E-state index < -0.39 is 0 Å². The highest BCUT2D eigenvalue weighted by atomic mass is 16.5. The lowest BCUT2D eigenvalue weighted by atomic mass is 10.3. The molecule has 28 heavy (non-hydrogen) atoms. The number of aromatic nitrogens is 2.